The number of benzene rings is 1. The summed E-state index contributed by atoms with van der Waals surface area (Å²) in [7, 11) is 0. The quantitative estimate of drug-likeness (QED) is 0.770. The normalized spacial score (nSPS) is 9.79. The molecule has 0 saturated carbocycles. The Labute approximate surface area is 138 Å². The van der Waals surface area contributed by atoms with Crippen molar-refractivity contribution in [2.75, 3.05) is 10.6 Å². The van der Waals surface area contributed by atoms with Crippen LogP contribution in [-0.4, -0.2) is 15.9 Å². The van der Waals surface area contributed by atoms with Gasteiger partial charge in [-0.3, -0.25) is 9.78 Å². The molecule has 0 aliphatic rings. The van der Waals surface area contributed by atoms with Gasteiger partial charge in [-0.1, -0.05) is 0 Å². The number of hydrogen-bond donors (Lipinski definition) is 2. The number of carbonyl (C=O) groups excluding carboxylic acids is 1. The average Bonchev–Trinajstić information content (AvgIpc) is 2.65. The molecular formula is C18H13N5O. The molecule has 0 unspecified atom stereocenters. The zero-order valence-corrected chi connectivity index (χ0v) is 12.6. The van der Waals surface area contributed by atoms with Gasteiger partial charge in [0.1, 0.15) is 5.82 Å². The number of nitriles is 1. The van der Waals surface area contributed by atoms with Gasteiger partial charge in [0.05, 0.1) is 29.1 Å². The van der Waals surface area contributed by atoms with E-state index in [0.29, 0.717) is 16.9 Å². The largest absolute Gasteiger partial charge is 0.354 e. The SMILES string of the molecule is N#Cc1ccc(Nc2ccc(NC(=O)c3cccnc3)nc2)cc1. The average molecular weight is 315 g/mol. The van der Waals surface area contributed by atoms with Crippen LogP contribution in [0, 0.1) is 11.3 Å². The van der Waals surface area contributed by atoms with Crippen LogP contribution in [0.2, 0.25) is 0 Å². The highest BCUT2D eigenvalue weighted by molar-refractivity contribution is 6.03. The van der Waals surface area contributed by atoms with Crippen LogP contribution in [-0.2, 0) is 0 Å². The van der Waals surface area contributed by atoms with Crippen LogP contribution in [0.25, 0.3) is 0 Å². The van der Waals surface area contributed by atoms with Crippen LogP contribution in [0.3, 0.4) is 0 Å². The third-order valence-corrected chi connectivity index (χ3v) is 3.23. The maximum Gasteiger partial charge on any atom is 0.258 e. The summed E-state index contributed by atoms with van der Waals surface area (Å²) in [6, 6.07) is 16.1. The van der Waals surface area contributed by atoms with Crippen LogP contribution in [0.5, 0.6) is 0 Å². The molecule has 0 fully saturated rings. The number of anilines is 3. The summed E-state index contributed by atoms with van der Waals surface area (Å²) in [6.45, 7) is 0. The second-order valence-corrected chi connectivity index (χ2v) is 4.94. The third kappa shape index (κ3) is 3.72. The Morgan fingerprint density at radius 3 is 2.42 bits per heavy atom. The van der Waals surface area contributed by atoms with Crippen LogP contribution >= 0.6 is 0 Å². The summed E-state index contributed by atoms with van der Waals surface area (Å²) >= 11 is 0. The molecule has 0 radical (unpaired) electrons. The van der Waals surface area contributed by atoms with Gasteiger partial charge in [0.15, 0.2) is 0 Å². The van der Waals surface area contributed by atoms with Crippen molar-refractivity contribution < 1.29 is 4.79 Å². The van der Waals surface area contributed by atoms with Gasteiger partial charge < -0.3 is 10.6 Å². The molecule has 24 heavy (non-hydrogen) atoms. The van der Waals surface area contributed by atoms with Crippen molar-refractivity contribution in [3.05, 3.63) is 78.2 Å². The van der Waals surface area contributed by atoms with E-state index in [-0.39, 0.29) is 5.91 Å². The molecule has 0 spiro atoms. The minimum Gasteiger partial charge on any atom is -0.354 e. The lowest BCUT2D eigenvalue weighted by molar-refractivity contribution is 0.102. The number of nitrogens with one attached hydrogen (secondary N) is 2. The van der Waals surface area contributed by atoms with Crippen molar-refractivity contribution in [3.8, 4) is 6.07 Å². The Hall–Kier alpha value is -3.72. The summed E-state index contributed by atoms with van der Waals surface area (Å²) in [6.07, 6.45) is 4.73. The van der Waals surface area contributed by atoms with E-state index in [1.54, 1.807) is 42.7 Å². The van der Waals surface area contributed by atoms with Gasteiger partial charge >= 0.3 is 0 Å². The lowest BCUT2D eigenvalue weighted by Crippen LogP contribution is -2.13. The molecule has 0 bridgehead atoms. The summed E-state index contributed by atoms with van der Waals surface area (Å²) in [5.41, 5.74) is 2.70. The Morgan fingerprint density at radius 1 is 1.00 bits per heavy atom. The second kappa shape index (κ2) is 7.03. The first-order valence-electron chi connectivity index (χ1n) is 7.19. The molecule has 2 heterocycles. The van der Waals surface area contributed by atoms with Crippen molar-refractivity contribution in [1.82, 2.24) is 9.97 Å². The summed E-state index contributed by atoms with van der Waals surface area (Å²) < 4.78 is 0. The molecule has 6 nitrogen and oxygen atoms in total. The van der Waals surface area contributed by atoms with Crippen LogP contribution < -0.4 is 10.6 Å². The van der Waals surface area contributed by atoms with Gasteiger partial charge in [0.2, 0.25) is 0 Å². The number of aromatic nitrogens is 2. The first kappa shape index (κ1) is 15.2. The molecular weight excluding hydrogens is 302 g/mol. The molecule has 0 aliphatic carbocycles. The van der Waals surface area contributed by atoms with Crippen LogP contribution in [0.15, 0.2) is 67.1 Å². The Kier molecular flexibility index (Phi) is 4.45. The molecule has 0 saturated heterocycles. The standard InChI is InChI=1S/C18H13N5O/c19-10-13-3-5-15(6-4-13)22-16-7-8-17(21-12-16)23-18(24)14-2-1-9-20-11-14/h1-9,11-12,22H,(H,21,23,24). The number of hydrogen-bond acceptors (Lipinski definition) is 5. The Morgan fingerprint density at radius 2 is 1.79 bits per heavy atom. The fourth-order valence-corrected chi connectivity index (χ4v) is 2.02. The van der Waals surface area contributed by atoms with Crippen molar-refractivity contribution in [1.29, 1.82) is 5.26 Å². The lowest BCUT2D eigenvalue weighted by Gasteiger charge is -2.08. The van der Waals surface area contributed by atoms with E-state index >= 15 is 0 Å². The lowest BCUT2D eigenvalue weighted by atomic mass is 10.2. The van der Waals surface area contributed by atoms with E-state index in [9.17, 15) is 4.79 Å². The first-order valence-corrected chi connectivity index (χ1v) is 7.19. The molecule has 3 aromatic rings. The van der Waals surface area contributed by atoms with E-state index in [0.717, 1.165) is 11.4 Å². The molecule has 0 atom stereocenters. The zero-order chi connectivity index (χ0) is 16.8. The highest BCUT2D eigenvalue weighted by atomic mass is 16.1. The number of carbonyl (C=O) groups is 1. The van der Waals surface area contributed by atoms with E-state index in [1.807, 2.05) is 18.2 Å². The summed E-state index contributed by atoms with van der Waals surface area (Å²) in [4.78, 5) is 20.1. The highest BCUT2D eigenvalue weighted by Gasteiger charge is 2.06. The Balaban J connectivity index is 1.65. The molecule has 3 rings (SSSR count). The number of nitrogens with zero attached hydrogens (tertiary/aromatic N) is 3. The number of rotatable bonds is 4. The molecule has 116 valence electrons. The van der Waals surface area contributed by atoms with Crippen molar-refractivity contribution in [2.45, 2.75) is 0 Å². The molecule has 2 N–H and O–H groups in total. The maximum atomic E-state index is 12.0. The minimum atomic E-state index is -0.261. The van der Waals surface area contributed by atoms with E-state index in [1.165, 1.54) is 6.20 Å². The van der Waals surface area contributed by atoms with E-state index < -0.39 is 0 Å². The second-order valence-electron chi connectivity index (χ2n) is 4.94. The monoisotopic (exact) mass is 315 g/mol. The van der Waals surface area contributed by atoms with Crippen molar-refractivity contribution in [2.24, 2.45) is 0 Å². The molecule has 1 aromatic carbocycles. The predicted molar refractivity (Wildman–Crippen MR) is 90.9 cm³/mol. The fraction of sp³-hybridized carbons (Fsp3) is 0. The number of pyridine rings is 2. The van der Waals surface area contributed by atoms with Crippen LogP contribution in [0.1, 0.15) is 15.9 Å². The fourth-order valence-electron chi connectivity index (χ4n) is 2.02. The highest BCUT2D eigenvalue weighted by Crippen LogP contribution is 2.17. The van der Waals surface area contributed by atoms with Gasteiger partial charge in [0.25, 0.3) is 5.91 Å². The molecule has 2 aromatic heterocycles. The number of amides is 1. The third-order valence-electron chi connectivity index (χ3n) is 3.23. The smallest absolute Gasteiger partial charge is 0.258 e. The predicted octanol–water partition coefficient (Wildman–Crippen LogP) is 3.34. The van der Waals surface area contributed by atoms with Gasteiger partial charge in [-0.25, -0.2) is 4.98 Å². The van der Waals surface area contributed by atoms with Gasteiger partial charge in [0, 0.05) is 18.1 Å². The summed E-state index contributed by atoms with van der Waals surface area (Å²) in [5, 5.41) is 14.7. The Bertz CT molecular complexity index is 868. The van der Waals surface area contributed by atoms with Gasteiger partial charge in [-0.2, -0.15) is 5.26 Å². The van der Waals surface area contributed by atoms with E-state index in [2.05, 4.69) is 26.7 Å². The van der Waals surface area contributed by atoms with Crippen LogP contribution in [0.4, 0.5) is 17.2 Å². The minimum absolute atomic E-state index is 0.261. The van der Waals surface area contributed by atoms with Gasteiger partial charge in [-0.05, 0) is 48.5 Å². The molecule has 1 amide bonds. The van der Waals surface area contributed by atoms with Crippen molar-refractivity contribution >= 4 is 23.1 Å². The zero-order valence-electron chi connectivity index (χ0n) is 12.6. The maximum absolute atomic E-state index is 12.0. The topological polar surface area (TPSA) is 90.7 Å². The van der Waals surface area contributed by atoms with E-state index in [4.69, 9.17) is 5.26 Å². The molecule has 0 aliphatic heterocycles. The summed E-state index contributed by atoms with van der Waals surface area (Å²) in [5.74, 6) is 0.192. The van der Waals surface area contributed by atoms with Gasteiger partial charge in [-0.15, -0.1) is 0 Å². The van der Waals surface area contributed by atoms with Crippen molar-refractivity contribution in [3.63, 3.8) is 0 Å². The molecule has 6 heteroatoms. The first-order chi connectivity index (χ1) is 11.7.